The van der Waals surface area contributed by atoms with Crippen LogP contribution < -0.4 is 15.4 Å². The van der Waals surface area contributed by atoms with Crippen LogP contribution in [-0.4, -0.2) is 20.4 Å². The zero-order valence-corrected chi connectivity index (χ0v) is 22.6. The fraction of sp³-hybridized carbons (Fsp3) is 0.0370. The second kappa shape index (κ2) is 11.8. The van der Waals surface area contributed by atoms with Crippen molar-refractivity contribution in [1.82, 2.24) is 5.32 Å². The Kier molecular flexibility index (Phi) is 8.57. The van der Waals surface area contributed by atoms with E-state index in [1.54, 1.807) is 5.32 Å². The van der Waals surface area contributed by atoms with E-state index in [1.165, 1.54) is 60.7 Å². The number of hydrogen-bond donors (Lipinski definition) is 2. The first-order valence-electron chi connectivity index (χ1n) is 11.3. The lowest BCUT2D eigenvalue weighted by Crippen LogP contribution is -2.35. The molecule has 4 rings (SSSR count). The molecule has 0 saturated carbocycles. The first-order chi connectivity index (χ1) is 19.3. The maximum absolute atomic E-state index is 13.9. The van der Waals surface area contributed by atoms with Crippen molar-refractivity contribution in [3.8, 4) is 11.5 Å². The second-order valence-corrected chi connectivity index (χ2v) is 11.0. The molecule has 7 nitrogen and oxygen atoms in total. The molecular formula is C27H16Cl2F4N2O5S. The van der Waals surface area contributed by atoms with E-state index in [-0.39, 0.29) is 26.3 Å². The molecule has 4 aromatic rings. The van der Waals surface area contributed by atoms with Gasteiger partial charge in [0.2, 0.25) is 9.84 Å². The number of anilines is 1. The highest BCUT2D eigenvalue weighted by Crippen LogP contribution is 2.40. The summed E-state index contributed by atoms with van der Waals surface area (Å²) in [6.45, 7) is 0. The van der Waals surface area contributed by atoms with Gasteiger partial charge >= 0.3 is 12.2 Å². The molecular weight excluding hydrogens is 611 g/mol. The van der Waals surface area contributed by atoms with Crippen LogP contribution in [-0.2, 0) is 16.0 Å². The van der Waals surface area contributed by atoms with E-state index in [9.17, 15) is 35.6 Å². The number of carbonyl (C=O) groups excluding carboxylic acids is 2. The molecule has 0 heterocycles. The van der Waals surface area contributed by atoms with E-state index in [0.717, 1.165) is 18.2 Å². The Labute approximate surface area is 240 Å². The Bertz CT molecular complexity index is 1710. The van der Waals surface area contributed by atoms with Crippen LogP contribution in [0.1, 0.15) is 15.9 Å². The average molecular weight is 627 g/mol. The van der Waals surface area contributed by atoms with Gasteiger partial charge in [0.25, 0.3) is 5.91 Å². The van der Waals surface area contributed by atoms with Crippen molar-refractivity contribution < 1.29 is 40.3 Å². The molecule has 0 aliphatic heterocycles. The molecule has 0 unspecified atom stereocenters. The van der Waals surface area contributed by atoms with Crippen LogP contribution in [0, 0.1) is 5.82 Å². The number of nitrogens with one attached hydrogen (secondary N) is 2. The number of ether oxygens (including phenoxy) is 1. The summed E-state index contributed by atoms with van der Waals surface area (Å²) in [5.41, 5.74) is -2.26. The van der Waals surface area contributed by atoms with Crippen molar-refractivity contribution in [2.75, 3.05) is 5.32 Å². The third-order valence-electron chi connectivity index (χ3n) is 5.45. The standard InChI is InChI=1S/C27H16Cl2F4N2O5S/c28-15-4-9-18(10-5-15)41(38,39)19-11-7-17(8-12-19)40-23-13-6-16(14-20(23)27(31,32)33)34-26(37)35-25(36)24-21(29)2-1-3-22(24)30/h1-14H,(H2,34,35,36,37). The van der Waals surface area contributed by atoms with E-state index in [4.69, 9.17) is 27.9 Å². The van der Waals surface area contributed by atoms with Gasteiger partial charge in [-0.2, -0.15) is 13.2 Å². The van der Waals surface area contributed by atoms with Crippen LogP contribution in [0.3, 0.4) is 0 Å². The minimum Gasteiger partial charge on any atom is -0.457 e. The van der Waals surface area contributed by atoms with Gasteiger partial charge in [-0.1, -0.05) is 29.3 Å². The van der Waals surface area contributed by atoms with Crippen LogP contribution in [0.4, 0.5) is 28.0 Å². The van der Waals surface area contributed by atoms with Gasteiger partial charge in [0.1, 0.15) is 22.9 Å². The molecule has 0 aromatic heterocycles. The van der Waals surface area contributed by atoms with Gasteiger partial charge in [-0.15, -0.1) is 0 Å². The fourth-order valence-electron chi connectivity index (χ4n) is 3.52. The molecule has 3 amide bonds. The molecule has 0 aliphatic carbocycles. The van der Waals surface area contributed by atoms with Crippen LogP contribution in [0.2, 0.25) is 10.0 Å². The normalized spacial score (nSPS) is 11.6. The fourth-order valence-corrected chi connectivity index (χ4v) is 5.16. The lowest BCUT2D eigenvalue weighted by Gasteiger charge is -2.16. The summed E-state index contributed by atoms with van der Waals surface area (Å²) >= 11 is 11.6. The van der Waals surface area contributed by atoms with Gasteiger partial charge in [0.15, 0.2) is 0 Å². The van der Waals surface area contributed by atoms with Crippen molar-refractivity contribution in [3.05, 3.63) is 112 Å². The van der Waals surface area contributed by atoms with Crippen molar-refractivity contribution in [3.63, 3.8) is 0 Å². The predicted octanol–water partition coefficient (Wildman–Crippen LogP) is 7.74. The molecule has 4 aromatic carbocycles. The summed E-state index contributed by atoms with van der Waals surface area (Å²) in [6.07, 6.45) is -4.93. The Balaban J connectivity index is 1.51. The van der Waals surface area contributed by atoms with Crippen molar-refractivity contribution >= 4 is 50.7 Å². The van der Waals surface area contributed by atoms with Gasteiger partial charge in [0.05, 0.1) is 20.4 Å². The number of sulfone groups is 1. The summed E-state index contributed by atoms with van der Waals surface area (Å²) in [7, 11) is -3.92. The summed E-state index contributed by atoms with van der Waals surface area (Å²) < 4.78 is 86.3. The number of carbonyl (C=O) groups is 2. The summed E-state index contributed by atoms with van der Waals surface area (Å²) in [5, 5.41) is 3.92. The monoisotopic (exact) mass is 626 g/mol. The topological polar surface area (TPSA) is 102 Å². The first kappa shape index (κ1) is 29.8. The maximum atomic E-state index is 13.9. The minimum absolute atomic E-state index is 0.0271. The molecule has 2 N–H and O–H groups in total. The van der Waals surface area contributed by atoms with E-state index in [2.05, 4.69) is 5.32 Å². The highest BCUT2D eigenvalue weighted by atomic mass is 35.5. The van der Waals surface area contributed by atoms with Gasteiger partial charge in [-0.3, -0.25) is 10.1 Å². The molecule has 0 saturated heterocycles. The number of hydrogen-bond acceptors (Lipinski definition) is 5. The Morgan fingerprint density at radius 2 is 1.44 bits per heavy atom. The zero-order chi connectivity index (χ0) is 29.9. The molecule has 0 fully saturated rings. The van der Waals surface area contributed by atoms with Crippen LogP contribution >= 0.6 is 23.2 Å². The number of benzene rings is 4. The van der Waals surface area contributed by atoms with Gasteiger partial charge in [0, 0.05) is 10.7 Å². The predicted molar refractivity (Wildman–Crippen MR) is 143 cm³/mol. The van der Waals surface area contributed by atoms with Gasteiger partial charge in [-0.25, -0.2) is 17.6 Å². The molecule has 0 radical (unpaired) electrons. The highest BCUT2D eigenvalue weighted by Gasteiger charge is 2.35. The lowest BCUT2D eigenvalue weighted by molar-refractivity contribution is -0.138. The minimum atomic E-state index is -4.93. The molecule has 0 aliphatic rings. The smallest absolute Gasteiger partial charge is 0.420 e. The van der Waals surface area contributed by atoms with Crippen molar-refractivity contribution in [1.29, 1.82) is 0 Å². The zero-order valence-electron chi connectivity index (χ0n) is 20.3. The van der Waals surface area contributed by atoms with E-state index >= 15 is 0 Å². The van der Waals surface area contributed by atoms with E-state index in [0.29, 0.717) is 11.1 Å². The van der Waals surface area contributed by atoms with Gasteiger partial charge in [-0.05, 0) is 78.9 Å². The lowest BCUT2D eigenvalue weighted by atomic mass is 10.1. The van der Waals surface area contributed by atoms with E-state index in [1.807, 2.05) is 0 Å². The second-order valence-electron chi connectivity index (χ2n) is 8.24. The highest BCUT2D eigenvalue weighted by molar-refractivity contribution is 7.91. The van der Waals surface area contributed by atoms with Crippen LogP contribution in [0.25, 0.3) is 0 Å². The van der Waals surface area contributed by atoms with Crippen LogP contribution in [0.5, 0.6) is 11.5 Å². The average Bonchev–Trinajstić information content (AvgIpc) is 2.89. The largest absolute Gasteiger partial charge is 0.457 e. The van der Waals surface area contributed by atoms with Gasteiger partial charge < -0.3 is 10.1 Å². The van der Waals surface area contributed by atoms with Crippen molar-refractivity contribution in [2.45, 2.75) is 16.0 Å². The first-order valence-corrected chi connectivity index (χ1v) is 13.6. The summed E-state index contributed by atoms with van der Waals surface area (Å²) in [5.74, 6) is -2.95. The van der Waals surface area contributed by atoms with Crippen molar-refractivity contribution in [2.24, 2.45) is 0 Å². The summed E-state index contributed by atoms with van der Waals surface area (Å²) in [6, 6.07) is 14.9. The SMILES string of the molecule is O=C(NC(=O)c1c(F)cccc1Cl)Nc1ccc(Oc2ccc(S(=O)(=O)c3ccc(Cl)cc3)cc2)c(C(F)(F)F)c1. The molecule has 0 atom stereocenters. The Hall–Kier alpha value is -4.13. The number of imide groups is 1. The third-order valence-corrected chi connectivity index (χ3v) is 7.80. The van der Waals surface area contributed by atoms with E-state index < -0.39 is 50.6 Å². The molecule has 0 bridgehead atoms. The number of urea groups is 1. The quantitative estimate of drug-likeness (QED) is 0.213. The Morgan fingerprint density at radius 3 is 2.02 bits per heavy atom. The Morgan fingerprint density at radius 1 is 0.829 bits per heavy atom. The number of halogens is 6. The summed E-state index contributed by atoms with van der Waals surface area (Å²) in [4.78, 5) is 24.3. The number of alkyl halides is 3. The maximum Gasteiger partial charge on any atom is 0.420 e. The third kappa shape index (κ3) is 6.96. The molecule has 0 spiro atoms. The molecule has 212 valence electrons. The number of amides is 3. The number of rotatable bonds is 6. The molecule has 14 heteroatoms. The van der Waals surface area contributed by atoms with Crippen LogP contribution in [0.15, 0.2) is 94.7 Å². The molecule has 41 heavy (non-hydrogen) atoms.